The number of aromatic nitrogens is 1. The standard InChI is InChI=1S/C21H26N4O2/c1-3-5-7-9-19-17(8-6-4-2)20(18(14-22)21(23)24-19)15-10-12-16(13-11-15)25(26)27/h10-13H,3-9H2,1-2H3,(H2,23,24)/p+1. The molecule has 0 radical (unpaired) electrons. The third kappa shape index (κ3) is 4.82. The first-order valence-corrected chi connectivity index (χ1v) is 9.54. The predicted octanol–water partition coefficient (Wildman–Crippen LogP) is 4.61. The summed E-state index contributed by atoms with van der Waals surface area (Å²) in [7, 11) is 0. The number of aromatic amines is 1. The zero-order valence-corrected chi connectivity index (χ0v) is 16.0. The van der Waals surface area contributed by atoms with E-state index in [2.05, 4.69) is 24.9 Å². The van der Waals surface area contributed by atoms with Gasteiger partial charge in [-0.3, -0.25) is 15.8 Å². The SMILES string of the molecule is CCCCCc1[nH+]c(N)c(C#N)c(-c2ccc([N+](=O)[O-])cc2)c1CCCC. The highest BCUT2D eigenvalue weighted by molar-refractivity contribution is 5.78. The van der Waals surface area contributed by atoms with Crippen LogP contribution in [0.15, 0.2) is 24.3 Å². The smallest absolute Gasteiger partial charge is 0.286 e. The number of nitrogen functional groups attached to an aromatic ring is 1. The van der Waals surface area contributed by atoms with Crippen LogP contribution < -0.4 is 10.7 Å². The highest BCUT2D eigenvalue weighted by atomic mass is 16.6. The van der Waals surface area contributed by atoms with E-state index >= 15 is 0 Å². The number of rotatable bonds is 9. The molecule has 6 heteroatoms. The van der Waals surface area contributed by atoms with Gasteiger partial charge in [0.15, 0.2) is 0 Å². The van der Waals surface area contributed by atoms with E-state index in [1.54, 1.807) is 12.1 Å². The second-order valence-electron chi connectivity index (χ2n) is 6.72. The van der Waals surface area contributed by atoms with Crippen LogP contribution in [0.2, 0.25) is 0 Å². The molecule has 1 aromatic carbocycles. The number of nitrogens with one attached hydrogen (secondary N) is 1. The zero-order valence-electron chi connectivity index (χ0n) is 16.0. The molecule has 27 heavy (non-hydrogen) atoms. The maximum absolute atomic E-state index is 11.0. The molecule has 0 saturated heterocycles. The van der Waals surface area contributed by atoms with E-state index in [0.29, 0.717) is 11.4 Å². The van der Waals surface area contributed by atoms with Gasteiger partial charge in [-0.2, -0.15) is 5.26 Å². The predicted molar refractivity (Wildman–Crippen MR) is 106 cm³/mol. The minimum absolute atomic E-state index is 0.0333. The lowest BCUT2D eigenvalue weighted by Crippen LogP contribution is -2.22. The van der Waals surface area contributed by atoms with Crippen LogP contribution in [-0.2, 0) is 12.8 Å². The quantitative estimate of drug-likeness (QED) is 0.397. The summed E-state index contributed by atoms with van der Waals surface area (Å²) in [5, 5.41) is 20.7. The highest BCUT2D eigenvalue weighted by Gasteiger charge is 2.23. The minimum Gasteiger partial charge on any atom is -0.286 e. The van der Waals surface area contributed by atoms with Gasteiger partial charge in [-0.1, -0.05) is 33.1 Å². The van der Waals surface area contributed by atoms with E-state index in [-0.39, 0.29) is 5.69 Å². The molecule has 0 spiro atoms. The van der Waals surface area contributed by atoms with Crippen LogP contribution in [0.3, 0.4) is 0 Å². The van der Waals surface area contributed by atoms with Crippen molar-refractivity contribution in [3.63, 3.8) is 0 Å². The number of aryl methyl sites for hydroxylation is 1. The second kappa shape index (κ2) is 9.67. The molecule has 0 fully saturated rings. The number of unbranched alkanes of at least 4 members (excludes halogenated alkanes) is 3. The van der Waals surface area contributed by atoms with Crippen LogP contribution in [0.1, 0.15) is 62.8 Å². The number of nitriles is 1. The van der Waals surface area contributed by atoms with Gasteiger partial charge in [-0.25, -0.2) is 4.98 Å². The molecule has 0 aliphatic heterocycles. The van der Waals surface area contributed by atoms with Gasteiger partial charge in [0.1, 0.15) is 17.3 Å². The van der Waals surface area contributed by atoms with Crippen molar-refractivity contribution in [1.29, 1.82) is 5.26 Å². The lowest BCUT2D eigenvalue weighted by atomic mass is 9.89. The maximum Gasteiger partial charge on any atom is 0.289 e. The summed E-state index contributed by atoms with van der Waals surface area (Å²) in [5.41, 5.74) is 10.4. The van der Waals surface area contributed by atoms with Crippen molar-refractivity contribution in [2.45, 2.75) is 58.8 Å². The summed E-state index contributed by atoms with van der Waals surface area (Å²) in [6.07, 6.45) is 7.08. The minimum atomic E-state index is -0.420. The molecule has 2 aromatic rings. The molecular weight excluding hydrogens is 340 g/mol. The van der Waals surface area contributed by atoms with E-state index in [1.807, 2.05) is 0 Å². The van der Waals surface area contributed by atoms with Gasteiger partial charge < -0.3 is 0 Å². The van der Waals surface area contributed by atoms with Crippen molar-refractivity contribution in [3.05, 3.63) is 51.2 Å². The number of hydrogen-bond acceptors (Lipinski definition) is 4. The Morgan fingerprint density at radius 3 is 2.33 bits per heavy atom. The van der Waals surface area contributed by atoms with Gasteiger partial charge in [-0.15, -0.1) is 0 Å². The van der Waals surface area contributed by atoms with Crippen LogP contribution in [0.25, 0.3) is 11.1 Å². The Bertz CT molecular complexity index is 839. The first-order valence-electron chi connectivity index (χ1n) is 9.54. The molecule has 0 bridgehead atoms. The van der Waals surface area contributed by atoms with Gasteiger partial charge in [0.25, 0.3) is 11.5 Å². The Labute approximate surface area is 160 Å². The molecular formula is C21H27N4O2+. The summed E-state index contributed by atoms with van der Waals surface area (Å²) in [6, 6.07) is 8.59. The van der Waals surface area contributed by atoms with Gasteiger partial charge >= 0.3 is 0 Å². The first-order chi connectivity index (χ1) is 13.0. The number of pyridine rings is 1. The highest BCUT2D eigenvalue weighted by Crippen LogP contribution is 2.33. The molecule has 1 heterocycles. The van der Waals surface area contributed by atoms with Crippen molar-refractivity contribution in [2.75, 3.05) is 5.73 Å². The fraction of sp³-hybridized carbons (Fsp3) is 0.429. The molecule has 0 aliphatic carbocycles. The molecule has 0 saturated carbocycles. The van der Waals surface area contributed by atoms with E-state index in [4.69, 9.17) is 5.73 Å². The maximum atomic E-state index is 11.0. The molecule has 3 N–H and O–H groups in total. The van der Waals surface area contributed by atoms with Gasteiger partial charge in [-0.05, 0) is 37.0 Å². The van der Waals surface area contributed by atoms with Crippen LogP contribution >= 0.6 is 0 Å². The van der Waals surface area contributed by atoms with E-state index in [9.17, 15) is 15.4 Å². The summed E-state index contributed by atoms with van der Waals surface area (Å²) >= 11 is 0. The number of non-ortho nitro benzene ring substituents is 1. The van der Waals surface area contributed by atoms with Crippen LogP contribution in [0.4, 0.5) is 11.5 Å². The zero-order chi connectivity index (χ0) is 19.8. The number of nitrogens with zero attached hydrogens (tertiary/aromatic N) is 2. The van der Waals surface area contributed by atoms with Crippen molar-refractivity contribution in [2.24, 2.45) is 0 Å². The number of hydrogen-bond donors (Lipinski definition) is 1. The summed E-state index contributed by atoms with van der Waals surface area (Å²) < 4.78 is 0. The monoisotopic (exact) mass is 367 g/mol. The lowest BCUT2D eigenvalue weighted by Gasteiger charge is -2.15. The Hall–Kier alpha value is -2.94. The number of nitro groups is 1. The summed E-state index contributed by atoms with van der Waals surface area (Å²) in [6.45, 7) is 4.30. The lowest BCUT2D eigenvalue weighted by molar-refractivity contribution is -0.384. The molecule has 142 valence electrons. The fourth-order valence-corrected chi connectivity index (χ4v) is 3.32. The third-order valence-electron chi connectivity index (χ3n) is 4.76. The van der Waals surface area contributed by atoms with Crippen molar-refractivity contribution in [1.82, 2.24) is 0 Å². The summed E-state index contributed by atoms with van der Waals surface area (Å²) in [5.74, 6) is 0.359. The number of H-pyrrole nitrogens is 1. The van der Waals surface area contributed by atoms with Crippen LogP contribution in [0.5, 0.6) is 0 Å². The number of benzene rings is 1. The Morgan fingerprint density at radius 1 is 1.11 bits per heavy atom. The van der Waals surface area contributed by atoms with Gasteiger partial charge in [0, 0.05) is 29.7 Å². The van der Waals surface area contributed by atoms with Gasteiger partial charge in [0.2, 0.25) is 0 Å². The van der Waals surface area contributed by atoms with Crippen molar-refractivity contribution in [3.8, 4) is 17.2 Å². The first kappa shape index (κ1) is 20.4. The molecule has 0 unspecified atom stereocenters. The van der Waals surface area contributed by atoms with Crippen molar-refractivity contribution >= 4 is 11.5 Å². The van der Waals surface area contributed by atoms with Gasteiger partial charge in [0.05, 0.1) is 4.92 Å². The average Bonchev–Trinajstić information content (AvgIpc) is 2.67. The Balaban J connectivity index is 2.63. The third-order valence-corrected chi connectivity index (χ3v) is 4.76. The second-order valence-corrected chi connectivity index (χ2v) is 6.72. The fourth-order valence-electron chi connectivity index (χ4n) is 3.32. The number of nitro benzene ring substituents is 1. The normalized spacial score (nSPS) is 10.6. The van der Waals surface area contributed by atoms with E-state index in [1.165, 1.54) is 12.1 Å². The molecule has 0 amide bonds. The molecule has 2 rings (SSSR count). The van der Waals surface area contributed by atoms with Crippen LogP contribution in [-0.4, -0.2) is 4.92 Å². The van der Waals surface area contributed by atoms with E-state index in [0.717, 1.165) is 67.3 Å². The Kier molecular flexibility index (Phi) is 7.30. The molecule has 0 aliphatic rings. The molecule has 0 atom stereocenters. The topological polar surface area (TPSA) is 107 Å². The Morgan fingerprint density at radius 2 is 1.78 bits per heavy atom. The van der Waals surface area contributed by atoms with E-state index < -0.39 is 4.92 Å². The number of nitrogens with two attached hydrogens (primary N) is 1. The largest absolute Gasteiger partial charge is 0.289 e. The average molecular weight is 367 g/mol. The molecule has 6 nitrogen and oxygen atoms in total. The summed E-state index contributed by atoms with van der Waals surface area (Å²) in [4.78, 5) is 13.8. The number of anilines is 1. The molecule has 1 aromatic heterocycles. The van der Waals surface area contributed by atoms with Crippen molar-refractivity contribution < 1.29 is 9.91 Å². The van der Waals surface area contributed by atoms with Crippen LogP contribution in [0, 0.1) is 21.4 Å².